The summed E-state index contributed by atoms with van der Waals surface area (Å²) in [6, 6.07) is 7.02. The van der Waals surface area contributed by atoms with E-state index in [0.29, 0.717) is 17.1 Å². The van der Waals surface area contributed by atoms with Crippen molar-refractivity contribution in [2.75, 3.05) is 0 Å². The van der Waals surface area contributed by atoms with Gasteiger partial charge >= 0.3 is 0 Å². The molecule has 0 aliphatic rings. The minimum absolute atomic E-state index is 0.418. The number of aliphatic hydroxyl groups excluding tert-OH is 1. The van der Waals surface area contributed by atoms with Crippen molar-refractivity contribution in [1.82, 2.24) is 4.98 Å². The Morgan fingerprint density at radius 1 is 1.40 bits per heavy atom. The molecule has 1 unspecified atom stereocenters. The van der Waals surface area contributed by atoms with Crippen molar-refractivity contribution in [3.05, 3.63) is 53.2 Å². The van der Waals surface area contributed by atoms with Crippen LogP contribution in [0.5, 0.6) is 0 Å². The number of rotatable bonds is 3. The van der Waals surface area contributed by atoms with Crippen LogP contribution < -0.4 is 0 Å². The molecule has 2 aromatic rings. The zero-order chi connectivity index (χ0) is 10.7. The molecule has 2 rings (SSSR count). The smallest absolute Gasteiger partial charge is 0.106 e. The first-order valence-electron chi connectivity index (χ1n) is 4.57. The third-order valence-electron chi connectivity index (χ3n) is 2.07. The summed E-state index contributed by atoms with van der Waals surface area (Å²) < 4.78 is 5.14. The maximum absolute atomic E-state index is 9.82. The van der Waals surface area contributed by atoms with Crippen molar-refractivity contribution in [3.63, 3.8) is 0 Å². The molecule has 0 aromatic carbocycles. The zero-order valence-electron chi connectivity index (χ0n) is 7.93. The highest BCUT2D eigenvalue weighted by atomic mass is 35.5. The Bertz CT molecular complexity index is 411. The number of hydrogen-bond acceptors (Lipinski definition) is 3. The Labute approximate surface area is 92.3 Å². The highest BCUT2D eigenvalue weighted by Gasteiger charge is 2.11. The average Bonchev–Trinajstić information content (AvgIpc) is 2.71. The third kappa shape index (κ3) is 2.58. The SMILES string of the molecule is OC(Cc1ccco1)c1ccc(Cl)cn1. The highest BCUT2D eigenvalue weighted by molar-refractivity contribution is 6.30. The fourth-order valence-corrected chi connectivity index (χ4v) is 1.42. The van der Waals surface area contributed by atoms with Crippen LogP contribution in [0.2, 0.25) is 5.02 Å². The second-order valence-corrected chi connectivity index (χ2v) is 3.64. The van der Waals surface area contributed by atoms with Gasteiger partial charge in [-0.05, 0) is 24.3 Å². The molecule has 0 aliphatic heterocycles. The standard InChI is InChI=1S/C11H10ClNO2/c12-8-3-4-10(13-7-8)11(14)6-9-2-1-5-15-9/h1-5,7,11,14H,6H2. The predicted octanol–water partition coefficient (Wildman–Crippen LogP) is 2.60. The number of nitrogens with zero attached hydrogens (tertiary/aromatic N) is 1. The minimum Gasteiger partial charge on any atom is -0.469 e. The molecule has 0 saturated heterocycles. The van der Waals surface area contributed by atoms with Gasteiger partial charge in [-0.3, -0.25) is 4.98 Å². The lowest BCUT2D eigenvalue weighted by atomic mass is 10.1. The van der Waals surface area contributed by atoms with Crippen LogP contribution in [0.3, 0.4) is 0 Å². The first kappa shape index (κ1) is 10.2. The van der Waals surface area contributed by atoms with Gasteiger partial charge in [-0.1, -0.05) is 11.6 Å². The molecular weight excluding hydrogens is 214 g/mol. The van der Waals surface area contributed by atoms with Crippen LogP contribution in [0, 0.1) is 0 Å². The Morgan fingerprint density at radius 3 is 2.87 bits per heavy atom. The van der Waals surface area contributed by atoms with Crippen LogP contribution in [0.4, 0.5) is 0 Å². The first-order valence-corrected chi connectivity index (χ1v) is 4.95. The van der Waals surface area contributed by atoms with Gasteiger partial charge in [-0.15, -0.1) is 0 Å². The van der Waals surface area contributed by atoms with E-state index in [1.807, 2.05) is 6.07 Å². The zero-order valence-corrected chi connectivity index (χ0v) is 8.69. The van der Waals surface area contributed by atoms with Crippen molar-refractivity contribution in [2.24, 2.45) is 0 Å². The van der Waals surface area contributed by atoms with E-state index < -0.39 is 6.10 Å². The van der Waals surface area contributed by atoms with Gasteiger partial charge in [0.1, 0.15) is 11.9 Å². The lowest BCUT2D eigenvalue weighted by Crippen LogP contribution is -2.03. The summed E-state index contributed by atoms with van der Waals surface area (Å²) in [5, 5.41) is 10.4. The van der Waals surface area contributed by atoms with Crippen LogP contribution in [0.25, 0.3) is 0 Å². The summed E-state index contributed by atoms with van der Waals surface area (Å²) in [6.07, 6.45) is 2.86. The number of aliphatic hydroxyl groups is 1. The van der Waals surface area contributed by atoms with E-state index in [-0.39, 0.29) is 0 Å². The lowest BCUT2D eigenvalue weighted by molar-refractivity contribution is 0.166. The Kier molecular flexibility index (Phi) is 3.04. The number of hydrogen-bond donors (Lipinski definition) is 1. The molecule has 0 aliphatic carbocycles. The predicted molar refractivity (Wildman–Crippen MR) is 56.6 cm³/mol. The van der Waals surface area contributed by atoms with Crippen molar-refractivity contribution >= 4 is 11.6 Å². The summed E-state index contributed by atoms with van der Waals surface area (Å²) in [7, 11) is 0. The van der Waals surface area contributed by atoms with Crippen LogP contribution in [-0.2, 0) is 6.42 Å². The Morgan fingerprint density at radius 2 is 2.27 bits per heavy atom. The van der Waals surface area contributed by atoms with E-state index in [4.69, 9.17) is 16.0 Å². The van der Waals surface area contributed by atoms with Crippen LogP contribution in [-0.4, -0.2) is 10.1 Å². The normalized spacial score (nSPS) is 12.7. The van der Waals surface area contributed by atoms with E-state index in [1.54, 1.807) is 24.5 Å². The number of furan rings is 1. The molecule has 0 spiro atoms. The molecule has 2 aromatic heterocycles. The quantitative estimate of drug-likeness (QED) is 0.870. The van der Waals surface area contributed by atoms with Gasteiger partial charge in [0.15, 0.2) is 0 Å². The van der Waals surface area contributed by atoms with Gasteiger partial charge in [0.2, 0.25) is 0 Å². The number of pyridine rings is 1. The van der Waals surface area contributed by atoms with E-state index in [0.717, 1.165) is 5.76 Å². The fourth-order valence-electron chi connectivity index (χ4n) is 1.31. The van der Waals surface area contributed by atoms with Crippen LogP contribution in [0.1, 0.15) is 17.6 Å². The van der Waals surface area contributed by atoms with Gasteiger partial charge < -0.3 is 9.52 Å². The lowest BCUT2D eigenvalue weighted by Gasteiger charge is -2.07. The van der Waals surface area contributed by atoms with E-state index in [9.17, 15) is 5.11 Å². The second-order valence-electron chi connectivity index (χ2n) is 3.20. The Hall–Kier alpha value is -1.32. The maximum Gasteiger partial charge on any atom is 0.106 e. The molecular formula is C11H10ClNO2. The molecule has 0 saturated carbocycles. The Balaban J connectivity index is 2.08. The van der Waals surface area contributed by atoms with Gasteiger partial charge in [0.05, 0.1) is 17.0 Å². The van der Waals surface area contributed by atoms with E-state index >= 15 is 0 Å². The summed E-state index contributed by atoms with van der Waals surface area (Å²) in [4.78, 5) is 4.04. The number of aromatic nitrogens is 1. The van der Waals surface area contributed by atoms with Crippen LogP contribution >= 0.6 is 11.6 Å². The van der Waals surface area contributed by atoms with Gasteiger partial charge in [0.25, 0.3) is 0 Å². The van der Waals surface area contributed by atoms with E-state index in [2.05, 4.69) is 4.98 Å². The largest absolute Gasteiger partial charge is 0.469 e. The average molecular weight is 224 g/mol. The van der Waals surface area contributed by atoms with Crippen molar-refractivity contribution in [1.29, 1.82) is 0 Å². The van der Waals surface area contributed by atoms with Gasteiger partial charge in [-0.2, -0.15) is 0 Å². The van der Waals surface area contributed by atoms with E-state index in [1.165, 1.54) is 6.20 Å². The molecule has 4 heteroatoms. The molecule has 0 radical (unpaired) electrons. The van der Waals surface area contributed by atoms with Crippen LogP contribution in [0.15, 0.2) is 41.1 Å². The molecule has 0 amide bonds. The summed E-state index contributed by atoms with van der Waals surface area (Å²) in [5.41, 5.74) is 0.593. The fraction of sp³-hybridized carbons (Fsp3) is 0.182. The molecule has 1 N–H and O–H groups in total. The second kappa shape index (κ2) is 4.47. The third-order valence-corrected chi connectivity index (χ3v) is 2.29. The molecule has 78 valence electrons. The molecule has 0 bridgehead atoms. The molecule has 2 heterocycles. The summed E-state index contributed by atoms with van der Waals surface area (Å²) >= 11 is 5.70. The topological polar surface area (TPSA) is 46.3 Å². The van der Waals surface area contributed by atoms with Gasteiger partial charge in [0, 0.05) is 12.6 Å². The first-order chi connectivity index (χ1) is 7.25. The number of halogens is 1. The summed E-state index contributed by atoms with van der Waals surface area (Å²) in [6.45, 7) is 0. The monoisotopic (exact) mass is 223 g/mol. The maximum atomic E-state index is 9.82. The van der Waals surface area contributed by atoms with Gasteiger partial charge in [-0.25, -0.2) is 0 Å². The molecule has 3 nitrogen and oxygen atoms in total. The highest BCUT2D eigenvalue weighted by Crippen LogP contribution is 2.17. The molecule has 0 fully saturated rings. The van der Waals surface area contributed by atoms with Crippen molar-refractivity contribution in [2.45, 2.75) is 12.5 Å². The molecule has 15 heavy (non-hydrogen) atoms. The van der Waals surface area contributed by atoms with Crippen molar-refractivity contribution in [3.8, 4) is 0 Å². The molecule has 1 atom stereocenters. The minimum atomic E-state index is -0.659. The van der Waals surface area contributed by atoms with Crippen molar-refractivity contribution < 1.29 is 9.52 Å². The summed E-state index contributed by atoms with van der Waals surface area (Å²) in [5.74, 6) is 0.735.